The van der Waals surface area contributed by atoms with Crippen molar-refractivity contribution in [3.8, 4) is 11.5 Å². The summed E-state index contributed by atoms with van der Waals surface area (Å²) < 4.78 is 6.83. The van der Waals surface area contributed by atoms with Crippen LogP contribution in [0.4, 0.5) is 0 Å². The third kappa shape index (κ3) is 3.35. The van der Waals surface area contributed by atoms with Gasteiger partial charge in [0, 0.05) is 31.3 Å². The lowest BCUT2D eigenvalue weighted by Gasteiger charge is -2.08. The molecular formula is C19H20N2O3. The number of methoxy groups -OCH3 is 1. The van der Waals surface area contributed by atoms with Crippen LogP contribution in [0.3, 0.4) is 0 Å². The Balaban J connectivity index is 1.89. The first-order valence-corrected chi connectivity index (χ1v) is 7.74. The quantitative estimate of drug-likeness (QED) is 0.758. The summed E-state index contributed by atoms with van der Waals surface area (Å²) >= 11 is 0. The lowest BCUT2D eigenvalue weighted by molar-refractivity contribution is 0.414. The van der Waals surface area contributed by atoms with Gasteiger partial charge in [-0.1, -0.05) is 24.3 Å². The van der Waals surface area contributed by atoms with Crippen molar-refractivity contribution < 1.29 is 9.84 Å². The molecule has 3 rings (SSSR count). The minimum Gasteiger partial charge on any atom is -0.508 e. The molecule has 0 aliphatic rings. The van der Waals surface area contributed by atoms with Gasteiger partial charge in [-0.2, -0.15) is 0 Å². The Bertz CT molecular complexity index is 874. The molecule has 0 saturated carbocycles. The zero-order valence-electron chi connectivity index (χ0n) is 13.7. The second-order valence-electron chi connectivity index (χ2n) is 5.78. The number of imidazole rings is 1. The van der Waals surface area contributed by atoms with Gasteiger partial charge in [0.1, 0.15) is 11.5 Å². The van der Waals surface area contributed by atoms with Crippen molar-refractivity contribution in [2.24, 2.45) is 7.05 Å². The molecule has 0 bridgehead atoms. The molecule has 1 aromatic heterocycles. The molecule has 0 aliphatic heterocycles. The van der Waals surface area contributed by atoms with Gasteiger partial charge >= 0.3 is 5.69 Å². The van der Waals surface area contributed by atoms with E-state index in [0.717, 1.165) is 28.3 Å². The van der Waals surface area contributed by atoms with Gasteiger partial charge in [-0.05, 0) is 35.4 Å². The lowest BCUT2D eigenvalue weighted by Crippen LogP contribution is -2.14. The van der Waals surface area contributed by atoms with Gasteiger partial charge in [-0.3, -0.25) is 4.57 Å². The van der Waals surface area contributed by atoms with E-state index in [2.05, 4.69) is 4.98 Å². The third-order valence-corrected chi connectivity index (χ3v) is 4.16. The Morgan fingerprint density at radius 3 is 2.21 bits per heavy atom. The molecule has 3 aromatic rings. The number of nitrogens with one attached hydrogen (secondary N) is 1. The molecule has 1 heterocycles. The summed E-state index contributed by atoms with van der Waals surface area (Å²) in [6.45, 7) is 0. The molecule has 24 heavy (non-hydrogen) atoms. The fourth-order valence-corrected chi connectivity index (χ4v) is 2.74. The van der Waals surface area contributed by atoms with Crippen LogP contribution in [-0.4, -0.2) is 21.8 Å². The number of rotatable bonds is 5. The van der Waals surface area contributed by atoms with Crippen LogP contribution >= 0.6 is 0 Å². The molecule has 124 valence electrons. The van der Waals surface area contributed by atoms with Crippen molar-refractivity contribution in [3.05, 3.63) is 81.5 Å². The molecule has 2 N–H and O–H groups in total. The number of aromatic nitrogens is 2. The maximum atomic E-state index is 12.0. The molecule has 0 unspecified atom stereocenters. The Morgan fingerprint density at radius 1 is 1.00 bits per heavy atom. The first-order chi connectivity index (χ1) is 11.6. The highest BCUT2D eigenvalue weighted by molar-refractivity contribution is 5.34. The van der Waals surface area contributed by atoms with Crippen LogP contribution in [0.2, 0.25) is 0 Å². The number of hydrogen-bond donors (Lipinski definition) is 2. The highest BCUT2D eigenvalue weighted by Gasteiger charge is 2.13. The van der Waals surface area contributed by atoms with Crippen LogP contribution in [-0.2, 0) is 19.9 Å². The third-order valence-electron chi connectivity index (χ3n) is 4.16. The van der Waals surface area contributed by atoms with E-state index in [1.807, 2.05) is 36.4 Å². The largest absolute Gasteiger partial charge is 0.508 e. The molecule has 0 amide bonds. The predicted octanol–water partition coefficient (Wildman–Crippen LogP) is 2.61. The molecule has 0 spiro atoms. The molecule has 0 fully saturated rings. The van der Waals surface area contributed by atoms with E-state index in [9.17, 15) is 9.90 Å². The van der Waals surface area contributed by atoms with Gasteiger partial charge in [0.25, 0.3) is 0 Å². The number of benzene rings is 2. The van der Waals surface area contributed by atoms with Crippen molar-refractivity contribution in [3.63, 3.8) is 0 Å². The summed E-state index contributed by atoms with van der Waals surface area (Å²) in [4.78, 5) is 15.0. The summed E-state index contributed by atoms with van der Waals surface area (Å²) in [5, 5.41) is 9.39. The average molecular weight is 324 g/mol. The van der Waals surface area contributed by atoms with Crippen LogP contribution in [0.1, 0.15) is 22.5 Å². The lowest BCUT2D eigenvalue weighted by atomic mass is 10.0. The van der Waals surface area contributed by atoms with Gasteiger partial charge in [-0.15, -0.1) is 0 Å². The molecule has 5 nitrogen and oxygen atoms in total. The molecule has 2 aromatic carbocycles. The highest BCUT2D eigenvalue weighted by Crippen LogP contribution is 2.19. The number of H-pyrrole nitrogens is 1. The van der Waals surface area contributed by atoms with Crippen molar-refractivity contribution in [1.29, 1.82) is 0 Å². The van der Waals surface area contributed by atoms with Gasteiger partial charge in [-0.25, -0.2) is 4.79 Å². The normalized spacial score (nSPS) is 10.8. The minimum absolute atomic E-state index is 0.118. The van der Waals surface area contributed by atoms with Crippen LogP contribution in [0.15, 0.2) is 53.3 Å². The van der Waals surface area contributed by atoms with Crippen LogP contribution in [0.5, 0.6) is 11.5 Å². The van der Waals surface area contributed by atoms with Crippen molar-refractivity contribution >= 4 is 0 Å². The Morgan fingerprint density at radius 2 is 1.58 bits per heavy atom. The topological polar surface area (TPSA) is 67.2 Å². The first-order valence-electron chi connectivity index (χ1n) is 7.74. The van der Waals surface area contributed by atoms with Crippen molar-refractivity contribution in [1.82, 2.24) is 9.55 Å². The van der Waals surface area contributed by atoms with E-state index in [1.54, 1.807) is 30.9 Å². The number of ether oxygens (including phenoxy) is 1. The van der Waals surface area contributed by atoms with Crippen LogP contribution in [0, 0.1) is 0 Å². The SMILES string of the molecule is COc1ccc(Cc2c(Cc3ccc(O)cc3)[nH]c(=O)n2C)cc1. The summed E-state index contributed by atoms with van der Waals surface area (Å²) in [5.41, 5.74) is 3.87. The second kappa shape index (κ2) is 6.66. The van der Waals surface area contributed by atoms with E-state index >= 15 is 0 Å². The van der Waals surface area contributed by atoms with E-state index in [4.69, 9.17) is 4.74 Å². The van der Waals surface area contributed by atoms with Gasteiger partial charge in [0.05, 0.1) is 7.11 Å². The maximum Gasteiger partial charge on any atom is 0.325 e. The van der Waals surface area contributed by atoms with E-state index in [1.165, 1.54) is 0 Å². The second-order valence-corrected chi connectivity index (χ2v) is 5.78. The van der Waals surface area contributed by atoms with Gasteiger partial charge < -0.3 is 14.8 Å². The number of phenols is 1. The fourth-order valence-electron chi connectivity index (χ4n) is 2.74. The smallest absolute Gasteiger partial charge is 0.325 e. The summed E-state index contributed by atoms with van der Waals surface area (Å²) in [7, 11) is 3.42. The summed E-state index contributed by atoms with van der Waals surface area (Å²) in [6.07, 6.45) is 1.27. The fraction of sp³-hybridized carbons (Fsp3) is 0.211. The molecule has 5 heteroatoms. The first kappa shape index (κ1) is 15.9. The molecular weight excluding hydrogens is 304 g/mol. The molecule has 0 atom stereocenters. The molecule has 0 saturated heterocycles. The standard InChI is InChI=1S/C19H20N2O3/c1-21-18(12-14-5-9-16(24-2)10-6-14)17(20-19(21)23)11-13-3-7-15(22)8-4-13/h3-10,22H,11-12H2,1-2H3,(H,20,23). The number of nitrogens with zero attached hydrogens (tertiary/aromatic N) is 1. The van der Waals surface area contributed by atoms with Crippen LogP contribution < -0.4 is 10.4 Å². The van der Waals surface area contributed by atoms with Crippen molar-refractivity contribution in [2.45, 2.75) is 12.8 Å². The summed E-state index contributed by atoms with van der Waals surface area (Å²) in [5.74, 6) is 1.05. The number of hydrogen-bond acceptors (Lipinski definition) is 3. The van der Waals surface area contributed by atoms with E-state index in [0.29, 0.717) is 12.8 Å². The average Bonchev–Trinajstić information content (AvgIpc) is 2.85. The Hall–Kier alpha value is -2.95. The minimum atomic E-state index is -0.118. The zero-order chi connectivity index (χ0) is 17.1. The zero-order valence-corrected chi connectivity index (χ0v) is 13.7. The molecule has 0 aliphatic carbocycles. The highest BCUT2D eigenvalue weighted by atomic mass is 16.5. The monoisotopic (exact) mass is 324 g/mol. The van der Waals surface area contributed by atoms with Crippen LogP contribution in [0.25, 0.3) is 0 Å². The van der Waals surface area contributed by atoms with Gasteiger partial charge in [0.2, 0.25) is 0 Å². The van der Waals surface area contributed by atoms with E-state index < -0.39 is 0 Å². The number of aromatic amines is 1. The van der Waals surface area contributed by atoms with Gasteiger partial charge in [0.15, 0.2) is 0 Å². The molecule has 0 radical (unpaired) electrons. The number of phenolic OH excluding ortho intramolecular Hbond substituents is 1. The van der Waals surface area contributed by atoms with E-state index in [-0.39, 0.29) is 11.4 Å². The summed E-state index contributed by atoms with van der Waals surface area (Å²) in [6, 6.07) is 14.9. The number of aromatic hydroxyl groups is 1. The predicted molar refractivity (Wildman–Crippen MR) is 92.7 cm³/mol. The van der Waals surface area contributed by atoms with Crippen molar-refractivity contribution in [2.75, 3.05) is 7.11 Å². The Kier molecular flexibility index (Phi) is 4.42. The Labute approximate surface area is 140 Å². The maximum absolute atomic E-state index is 12.0.